The van der Waals surface area contributed by atoms with Crippen LogP contribution in [0, 0.1) is 0 Å². The first-order valence-corrected chi connectivity index (χ1v) is 7.75. The highest BCUT2D eigenvalue weighted by Gasteiger charge is 2.21. The van der Waals surface area contributed by atoms with Gasteiger partial charge in [0, 0.05) is 38.9 Å². The highest BCUT2D eigenvalue weighted by atomic mass is 16.2. The van der Waals surface area contributed by atoms with Crippen molar-refractivity contribution in [1.82, 2.24) is 19.8 Å². The third-order valence-electron chi connectivity index (χ3n) is 3.73. The van der Waals surface area contributed by atoms with Crippen LogP contribution in [0.15, 0.2) is 12.3 Å². The fraction of sp³-hybridized carbons (Fsp3) is 0.667. The van der Waals surface area contributed by atoms with E-state index in [4.69, 9.17) is 0 Å². The van der Waals surface area contributed by atoms with Crippen LogP contribution in [-0.2, 0) is 0 Å². The zero-order chi connectivity index (χ0) is 15.1. The third kappa shape index (κ3) is 4.67. The smallest absolute Gasteiger partial charge is 0.272 e. The molecule has 0 saturated carbocycles. The second-order valence-corrected chi connectivity index (χ2v) is 5.49. The lowest BCUT2D eigenvalue weighted by atomic mass is 10.2. The fourth-order valence-corrected chi connectivity index (χ4v) is 2.31. The van der Waals surface area contributed by atoms with E-state index >= 15 is 0 Å². The molecule has 0 atom stereocenters. The van der Waals surface area contributed by atoms with Crippen molar-refractivity contribution < 1.29 is 4.79 Å². The molecular formula is C15H25N5O. The van der Waals surface area contributed by atoms with E-state index in [1.807, 2.05) is 4.90 Å². The molecule has 1 aliphatic heterocycles. The lowest BCUT2D eigenvalue weighted by Crippen LogP contribution is -2.47. The first-order valence-electron chi connectivity index (χ1n) is 7.75. The Bertz CT molecular complexity index is 457. The van der Waals surface area contributed by atoms with Gasteiger partial charge in [-0.1, -0.05) is 19.8 Å². The van der Waals surface area contributed by atoms with Crippen LogP contribution < -0.4 is 5.32 Å². The van der Waals surface area contributed by atoms with Gasteiger partial charge in [-0.15, -0.1) is 0 Å². The van der Waals surface area contributed by atoms with Crippen molar-refractivity contribution >= 4 is 11.9 Å². The van der Waals surface area contributed by atoms with Gasteiger partial charge in [0.25, 0.3) is 5.91 Å². The van der Waals surface area contributed by atoms with Crippen molar-refractivity contribution in [2.24, 2.45) is 0 Å². The van der Waals surface area contributed by atoms with Crippen LogP contribution in [0.3, 0.4) is 0 Å². The van der Waals surface area contributed by atoms with Crippen molar-refractivity contribution in [2.45, 2.75) is 26.2 Å². The van der Waals surface area contributed by atoms with Crippen LogP contribution in [0.4, 0.5) is 5.95 Å². The molecule has 6 nitrogen and oxygen atoms in total. The van der Waals surface area contributed by atoms with Gasteiger partial charge in [0.1, 0.15) is 5.69 Å². The monoisotopic (exact) mass is 291 g/mol. The Balaban J connectivity index is 1.91. The third-order valence-corrected chi connectivity index (χ3v) is 3.73. The van der Waals surface area contributed by atoms with Gasteiger partial charge < -0.3 is 15.1 Å². The van der Waals surface area contributed by atoms with Gasteiger partial charge in [-0.3, -0.25) is 4.79 Å². The number of hydrogen-bond donors (Lipinski definition) is 1. The topological polar surface area (TPSA) is 61.4 Å². The molecule has 1 N–H and O–H groups in total. The van der Waals surface area contributed by atoms with Gasteiger partial charge >= 0.3 is 0 Å². The van der Waals surface area contributed by atoms with Gasteiger partial charge in [0.15, 0.2) is 0 Å². The summed E-state index contributed by atoms with van der Waals surface area (Å²) in [4.78, 5) is 25.0. The number of anilines is 1. The second-order valence-electron chi connectivity index (χ2n) is 5.49. The minimum atomic E-state index is 0.00195. The molecule has 0 bridgehead atoms. The molecule has 1 aromatic heterocycles. The van der Waals surface area contributed by atoms with E-state index in [1.165, 1.54) is 12.8 Å². The molecule has 1 fully saturated rings. The van der Waals surface area contributed by atoms with Crippen molar-refractivity contribution in [3.63, 3.8) is 0 Å². The summed E-state index contributed by atoms with van der Waals surface area (Å²) in [6.07, 6.45) is 5.12. The molecule has 116 valence electrons. The molecule has 1 aromatic rings. The number of nitrogens with zero attached hydrogens (tertiary/aromatic N) is 4. The van der Waals surface area contributed by atoms with Gasteiger partial charge in [0.05, 0.1) is 0 Å². The predicted octanol–water partition coefficient (Wildman–Crippen LogP) is 1.47. The molecule has 1 saturated heterocycles. The van der Waals surface area contributed by atoms with Crippen LogP contribution in [0.5, 0.6) is 0 Å². The highest BCUT2D eigenvalue weighted by Crippen LogP contribution is 2.08. The van der Waals surface area contributed by atoms with Crippen molar-refractivity contribution in [2.75, 3.05) is 45.1 Å². The van der Waals surface area contributed by atoms with E-state index in [-0.39, 0.29) is 5.91 Å². The van der Waals surface area contributed by atoms with Crippen LogP contribution in [0.25, 0.3) is 0 Å². The van der Waals surface area contributed by atoms with Crippen LogP contribution in [-0.4, -0.2) is 65.4 Å². The number of piperazine rings is 1. The number of carbonyl (C=O) groups is 1. The van der Waals surface area contributed by atoms with Crippen LogP contribution >= 0.6 is 0 Å². The number of hydrogen-bond acceptors (Lipinski definition) is 5. The Morgan fingerprint density at radius 1 is 1.29 bits per heavy atom. The number of unbranched alkanes of at least 4 members (excludes halogenated alkanes) is 2. The number of carbonyl (C=O) groups excluding carboxylic acids is 1. The first kappa shape index (κ1) is 15.7. The quantitative estimate of drug-likeness (QED) is 0.804. The minimum absolute atomic E-state index is 0.00195. The Kier molecular flexibility index (Phi) is 5.92. The Labute approximate surface area is 126 Å². The molecule has 0 aromatic carbocycles. The molecular weight excluding hydrogens is 266 g/mol. The van der Waals surface area contributed by atoms with Gasteiger partial charge in [0.2, 0.25) is 5.95 Å². The molecule has 0 aliphatic carbocycles. The maximum absolute atomic E-state index is 12.4. The fourth-order valence-electron chi connectivity index (χ4n) is 2.31. The largest absolute Gasteiger partial charge is 0.354 e. The van der Waals surface area contributed by atoms with Crippen LogP contribution in [0.2, 0.25) is 0 Å². The molecule has 0 spiro atoms. The summed E-state index contributed by atoms with van der Waals surface area (Å²) in [5, 5.41) is 3.18. The molecule has 0 radical (unpaired) electrons. The maximum Gasteiger partial charge on any atom is 0.272 e. The zero-order valence-electron chi connectivity index (χ0n) is 13.0. The summed E-state index contributed by atoms with van der Waals surface area (Å²) in [6.45, 7) is 6.38. The van der Waals surface area contributed by atoms with E-state index < -0.39 is 0 Å². The Morgan fingerprint density at radius 3 is 2.76 bits per heavy atom. The SMILES string of the molecule is CCCCCNc1nccc(C(=O)N2CCN(C)CC2)n1. The number of rotatable bonds is 6. The Morgan fingerprint density at radius 2 is 2.05 bits per heavy atom. The molecule has 2 rings (SSSR count). The van der Waals surface area contributed by atoms with Gasteiger partial charge in [-0.05, 0) is 19.5 Å². The van der Waals surface area contributed by atoms with Gasteiger partial charge in [-0.2, -0.15) is 0 Å². The summed E-state index contributed by atoms with van der Waals surface area (Å²) >= 11 is 0. The lowest BCUT2D eigenvalue weighted by molar-refractivity contribution is 0.0658. The number of aromatic nitrogens is 2. The molecule has 1 aliphatic rings. The zero-order valence-corrected chi connectivity index (χ0v) is 13.0. The van der Waals surface area contributed by atoms with E-state index in [0.717, 1.165) is 39.1 Å². The average Bonchev–Trinajstić information content (AvgIpc) is 2.52. The predicted molar refractivity (Wildman–Crippen MR) is 83.4 cm³/mol. The van der Waals surface area contributed by atoms with E-state index in [1.54, 1.807) is 12.3 Å². The average molecular weight is 291 g/mol. The molecule has 21 heavy (non-hydrogen) atoms. The van der Waals surface area contributed by atoms with Gasteiger partial charge in [-0.25, -0.2) is 9.97 Å². The van der Waals surface area contributed by atoms with Crippen molar-refractivity contribution in [3.05, 3.63) is 18.0 Å². The normalized spacial score (nSPS) is 16.0. The second kappa shape index (κ2) is 7.93. The molecule has 1 amide bonds. The maximum atomic E-state index is 12.4. The van der Waals surface area contributed by atoms with E-state index in [2.05, 4.69) is 34.2 Å². The first-order chi connectivity index (χ1) is 10.2. The van der Waals surface area contributed by atoms with E-state index in [9.17, 15) is 4.79 Å². The van der Waals surface area contributed by atoms with E-state index in [0.29, 0.717) is 11.6 Å². The number of likely N-dealkylation sites (N-methyl/N-ethyl adjacent to an activating group) is 1. The number of nitrogens with one attached hydrogen (secondary N) is 1. The van der Waals surface area contributed by atoms with Crippen LogP contribution in [0.1, 0.15) is 36.7 Å². The summed E-state index contributed by atoms with van der Waals surface area (Å²) in [5.41, 5.74) is 0.479. The lowest BCUT2D eigenvalue weighted by Gasteiger charge is -2.32. The highest BCUT2D eigenvalue weighted by molar-refractivity contribution is 5.92. The molecule has 2 heterocycles. The standard InChI is InChI=1S/C15H25N5O/c1-3-4-5-7-16-15-17-8-6-13(18-15)14(21)20-11-9-19(2)10-12-20/h6,8H,3-5,7,9-12H2,1-2H3,(H,16,17,18). The van der Waals surface area contributed by atoms with Crippen molar-refractivity contribution in [3.8, 4) is 0 Å². The summed E-state index contributed by atoms with van der Waals surface area (Å²) in [5.74, 6) is 0.549. The Hall–Kier alpha value is -1.69. The number of amides is 1. The summed E-state index contributed by atoms with van der Waals surface area (Å²) in [6, 6.07) is 1.69. The van der Waals surface area contributed by atoms with Crippen molar-refractivity contribution in [1.29, 1.82) is 0 Å². The summed E-state index contributed by atoms with van der Waals surface area (Å²) < 4.78 is 0. The minimum Gasteiger partial charge on any atom is -0.354 e. The summed E-state index contributed by atoms with van der Waals surface area (Å²) in [7, 11) is 2.07. The molecule has 6 heteroatoms. The molecule has 0 unspecified atom stereocenters.